The molecule has 1 aliphatic rings. The van der Waals surface area contributed by atoms with Crippen molar-refractivity contribution in [3.05, 3.63) is 105 Å². The predicted octanol–water partition coefficient (Wildman–Crippen LogP) is 6.90. The number of anilines is 1. The minimum atomic E-state index is -0.837. The fourth-order valence-corrected chi connectivity index (χ4v) is 4.82. The summed E-state index contributed by atoms with van der Waals surface area (Å²) in [6.45, 7) is 2.54. The molecule has 0 aliphatic carbocycles. The minimum Gasteiger partial charge on any atom is -0.490 e. The molecule has 5 rings (SSSR count). The summed E-state index contributed by atoms with van der Waals surface area (Å²) in [6, 6.07) is 22.9. The quantitative estimate of drug-likeness (QED) is 0.183. The molecule has 4 aromatic carbocycles. The van der Waals surface area contributed by atoms with Crippen molar-refractivity contribution in [1.82, 2.24) is 5.32 Å². The van der Waals surface area contributed by atoms with Crippen LogP contribution in [-0.2, 0) is 16.2 Å². The van der Waals surface area contributed by atoms with Gasteiger partial charge in [0.2, 0.25) is 0 Å². The third kappa shape index (κ3) is 5.53. The lowest BCUT2D eigenvalue weighted by Crippen LogP contribution is -2.54. The topological polar surface area (TPSA) is 84.9 Å². The van der Waals surface area contributed by atoms with Gasteiger partial charge in [-0.15, -0.1) is 0 Å². The smallest absolute Gasteiger partial charge is 0.335 e. The van der Waals surface area contributed by atoms with E-state index in [4.69, 9.17) is 21.1 Å². The summed E-state index contributed by atoms with van der Waals surface area (Å²) in [5.74, 6) is -0.609. The fraction of sp³-hybridized carbons (Fsp3) is 0.100. The number of barbiturate groups is 1. The number of halogens is 2. The second-order valence-corrected chi connectivity index (χ2v) is 9.91. The number of hydrogen-bond acceptors (Lipinski definition) is 5. The van der Waals surface area contributed by atoms with Crippen LogP contribution >= 0.6 is 27.5 Å². The van der Waals surface area contributed by atoms with Crippen LogP contribution in [0.2, 0.25) is 5.02 Å². The van der Waals surface area contributed by atoms with Gasteiger partial charge in [-0.25, -0.2) is 9.69 Å². The fourth-order valence-electron chi connectivity index (χ4n) is 4.25. The standard InChI is InChI=1S/C30H22BrClN2O5/c1-2-38-26-15-20(14-24-28(35)33-30(37)34(29(24)36)22-12-10-21(32)11-13-22)25(31)16-27(26)39-17-19-8-5-7-18-6-3-4-9-23(18)19/h3-16H,2,17H2,1H3,(H,33,35,37)/b24-14+. The number of amides is 4. The summed E-state index contributed by atoms with van der Waals surface area (Å²) in [4.78, 5) is 39.3. The van der Waals surface area contributed by atoms with Crippen molar-refractivity contribution in [2.75, 3.05) is 11.5 Å². The molecule has 4 amide bonds. The maximum Gasteiger partial charge on any atom is 0.335 e. The van der Waals surface area contributed by atoms with Crippen LogP contribution < -0.4 is 19.7 Å². The van der Waals surface area contributed by atoms with E-state index >= 15 is 0 Å². The SMILES string of the molecule is CCOc1cc(/C=C2\C(=O)NC(=O)N(c3ccc(Cl)cc3)C2=O)c(Br)cc1OCc1cccc2ccccc12. The van der Waals surface area contributed by atoms with Crippen molar-refractivity contribution in [2.45, 2.75) is 13.5 Å². The lowest BCUT2D eigenvalue weighted by atomic mass is 10.1. The normalized spacial score (nSPS) is 14.6. The lowest BCUT2D eigenvalue weighted by molar-refractivity contribution is -0.122. The number of rotatable bonds is 7. The van der Waals surface area contributed by atoms with Crippen molar-refractivity contribution < 1.29 is 23.9 Å². The number of carbonyl (C=O) groups is 3. The molecule has 1 fully saturated rings. The van der Waals surface area contributed by atoms with Crippen molar-refractivity contribution in [3.63, 3.8) is 0 Å². The summed E-state index contributed by atoms with van der Waals surface area (Å²) in [6.07, 6.45) is 1.41. The first kappa shape index (κ1) is 26.5. The highest BCUT2D eigenvalue weighted by atomic mass is 79.9. The molecule has 1 heterocycles. The van der Waals surface area contributed by atoms with E-state index in [2.05, 4.69) is 21.2 Å². The molecule has 0 aromatic heterocycles. The summed E-state index contributed by atoms with van der Waals surface area (Å²) in [5, 5.41) is 4.89. The van der Waals surface area contributed by atoms with Gasteiger partial charge in [0, 0.05) is 9.50 Å². The number of benzene rings is 4. The molecule has 9 heteroatoms. The maximum absolute atomic E-state index is 13.3. The Morgan fingerprint density at radius 1 is 0.923 bits per heavy atom. The van der Waals surface area contributed by atoms with Gasteiger partial charge in [0.05, 0.1) is 12.3 Å². The average Bonchev–Trinajstić information content (AvgIpc) is 2.92. The molecule has 0 saturated carbocycles. The average molecular weight is 606 g/mol. The molecule has 0 spiro atoms. The van der Waals surface area contributed by atoms with Crippen molar-refractivity contribution >= 4 is 67.9 Å². The third-order valence-corrected chi connectivity index (χ3v) is 7.05. The van der Waals surface area contributed by atoms with Gasteiger partial charge in [-0.2, -0.15) is 0 Å². The van der Waals surface area contributed by atoms with Gasteiger partial charge in [0.1, 0.15) is 12.2 Å². The molecule has 0 radical (unpaired) electrons. The first-order chi connectivity index (χ1) is 18.9. The maximum atomic E-state index is 13.3. The van der Waals surface area contributed by atoms with Gasteiger partial charge in [-0.1, -0.05) is 70.0 Å². The van der Waals surface area contributed by atoms with Gasteiger partial charge >= 0.3 is 6.03 Å². The van der Waals surface area contributed by atoms with E-state index in [1.807, 2.05) is 49.4 Å². The summed E-state index contributed by atoms with van der Waals surface area (Å²) in [5.41, 5.74) is 1.60. The highest BCUT2D eigenvalue weighted by Crippen LogP contribution is 2.36. The molecule has 0 atom stereocenters. The van der Waals surface area contributed by atoms with E-state index in [9.17, 15) is 14.4 Å². The molecule has 0 unspecified atom stereocenters. The molecule has 1 saturated heterocycles. The summed E-state index contributed by atoms with van der Waals surface area (Å²) < 4.78 is 12.6. The number of ether oxygens (including phenoxy) is 2. The zero-order chi connectivity index (χ0) is 27.5. The number of hydrogen-bond donors (Lipinski definition) is 1. The van der Waals surface area contributed by atoms with Crippen LogP contribution in [0.25, 0.3) is 16.8 Å². The van der Waals surface area contributed by atoms with E-state index in [1.165, 1.54) is 18.2 Å². The Labute approximate surface area is 238 Å². The zero-order valence-corrected chi connectivity index (χ0v) is 23.1. The molecule has 7 nitrogen and oxygen atoms in total. The van der Waals surface area contributed by atoms with Crippen LogP contribution in [0.4, 0.5) is 10.5 Å². The van der Waals surface area contributed by atoms with Gasteiger partial charge in [0.25, 0.3) is 11.8 Å². The Hall–Kier alpha value is -4.14. The minimum absolute atomic E-state index is 0.211. The molecular formula is C30H22BrClN2O5. The zero-order valence-electron chi connectivity index (χ0n) is 20.7. The first-order valence-corrected chi connectivity index (χ1v) is 13.3. The Bertz CT molecular complexity index is 1630. The molecule has 4 aromatic rings. The van der Waals surface area contributed by atoms with E-state index in [-0.39, 0.29) is 11.3 Å². The lowest BCUT2D eigenvalue weighted by Gasteiger charge is -2.26. The number of imide groups is 2. The van der Waals surface area contributed by atoms with Crippen molar-refractivity contribution in [2.24, 2.45) is 0 Å². The first-order valence-electron chi connectivity index (χ1n) is 12.1. The van der Waals surface area contributed by atoms with Crippen molar-refractivity contribution in [1.29, 1.82) is 0 Å². The molecule has 196 valence electrons. The van der Waals surface area contributed by atoms with E-state index in [0.29, 0.717) is 39.8 Å². The van der Waals surface area contributed by atoms with Crippen LogP contribution in [0, 0.1) is 0 Å². The molecule has 1 aliphatic heterocycles. The highest BCUT2D eigenvalue weighted by Gasteiger charge is 2.37. The van der Waals surface area contributed by atoms with Gasteiger partial charge in [0.15, 0.2) is 11.5 Å². The number of nitrogens with one attached hydrogen (secondary N) is 1. The van der Waals surface area contributed by atoms with Crippen LogP contribution in [0.3, 0.4) is 0 Å². The van der Waals surface area contributed by atoms with Crippen LogP contribution in [0.1, 0.15) is 18.1 Å². The summed E-state index contributed by atoms with van der Waals surface area (Å²) >= 11 is 9.47. The Morgan fingerprint density at radius 2 is 1.64 bits per heavy atom. The Kier molecular flexibility index (Phi) is 7.67. The second-order valence-electron chi connectivity index (χ2n) is 8.61. The van der Waals surface area contributed by atoms with E-state index < -0.39 is 17.8 Å². The van der Waals surface area contributed by atoms with Gasteiger partial charge < -0.3 is 9.47 Å². The molecule has 0 bridgehead atoms. The number of urea groups is 1. The highest BCUT2D eigenvalue weighted by molar-refractivity contribution is 9.10. The third-order valence-electron chi connectivity index (χ3n) is 6.11. The largest absolute Gasteiger partial charge is 0.490 e. The van der Waals surface area contributed by atoms with Crippen LogP contribution in [0.5, 0.6) is 11.5 Å². The van der Waals surface area contributed by atoms with Crippen LogP contribution in [0.15, 0.2) is 88.9 Å². The molecule has 1 N–H and O–H groups in total. The molecule has 39 heavy (non-hydrogen) atoms. The van der Waals surface area contributed by atoms with Gasteiger partial charge in [-0.05, 0) is 71.3 Å². The van der Waals surface area contributed by atoms with E-state index in [0.717, 1.165) is 21.2 Å². The monoisotopic (exact) mass is 604 g/mol. The predicted molar refractivity (Wildman–Crippen MR) is 154 cm³/mol. The molecular weight excluding hydrogens is 584 g/mol. The Morgan fingerprint density at radius 3 is 2.41 bits per heavy atom. The summed E-state index contributed by atoms with van der Waals surface area (Å²) in [7, 11) is 0. The van der Waals surface area contributed by atoms with Gasteiger partial charge in [-0.3, -0.25) is 14.9 Å². The van der Waals surface area contributed by atoms with Crippen molar-refractivity contribution in [3.8, 4) is 11.5 Å². The van der Waals surface area contributed by atoms with E-state index in [1.54, 1.807) is 24.3 Å². The Balaban J connectivity index is 1.46. The second kappa shape index (κ2) is 11.3. The van der Waals surface area contributed by atoms with Crippen LogP contribution in [-0.4, -0.2) is 24.5 Å². The number of nitrogens with zero attached hydrogens (tertiary/aromatic N) is 1. The number of fused-ring (bicyclic) bond motifs is 1. The number of carbonyl (C=O) groups excluding carboxylic acids is 3.